The molecule has 16 heavy (non-hydrogen) atoms. The number of hydrogen-bond donors (Lipinski definition) is 2. The number of anilines is 1. The Labute approximate surface area is 92.8 Å². The van der Waals surface area contributed by atoms with Gasteiger partial charge in [-0.3, -0.25) is 9.78 Å². The number of hydrogen-bond acceptors (Lipinski definition) is 5. The first-order valence-corrected chi connectivity index (χ1v) is 6.85. The Hall–Kier alpha value is -1.37. The van der Waals surface area contributed by atoms with Crippen LogP contribution < -0.4 is 11.3 Å². The van der Waals surface area contributed by atoms with E-state index in [0.717, 1.165) is 0 Å². The van der Waals surface area contributed by atoms with Gasteiger partial charge in [-0.2, -0.15) is 0 Å². The van der Waals surface area contributed by atoms with Gasteiger partial charge in [0.1, 0.15) is 9.84 Å². The summed E-state index contributed by atoms with van der Waals surface area (Å²) in [4.78, 5) is 17.8. The predicted octanol–water partition coefficient (Wildman–Crippen LogP) is -0.356. The third kappa shape index (κ3) is 2.24. The Balaban J connectivity index is 2.24. The molecule has 0 amide bonds. The summed E-state index contributed by atoms with van der Waals surface area (Å²) in [5.41, 5.74) is 5.60. The number of aromatic amines is 1. The van der Waals surface area contributed by atoms with E-state index in [-0.39, 0.29) is 28.9 Å². The summed E-state index contributed by atoms with van der Waals surface area (Å²) in [5.74, 6) is 0.334. The van der Waals surface area contributed by atoms with Gasteiger partial charge in [0.15, 0.2) is 5.95 Å². The van der Waals surface area contributed by atoms with Crippen LogP contribution in [-0.4, -0.2) is 29.9 Å². The molecule has 1 aliphatic rings. The molecule has 0 aliphatic carbocycles. The standard InChI is InChI=1S/C9H13N3O3S/c10-9-11-5-7(8(13)12-9)6-1-3-16(14,15)4-2-6/h5-6H,1-4H2,(H3,10,11,12,13). The smallest absolute Gasteiger partial charge is 0.255 e. The van der Waals surface area contributed by atoms with Crippen LogP contribution in [0.4, 0.5) is 5.95 Å². The van der Waals surface area contributed by atoms with Crippen LogP contribution in [0, 0.1) is 0 Å². The van der Waals surface area contributed by atoms with E-state index in [9.17, 15) is 13.2 Å². The zero-order valence-electron chi connectivity index (χ0n) is 8.64. The highest BCUT2D eigenvalue weighted by Gasteiger charge is 2.26. The Morgan fingerprint density at radius 3 is 2.56 bits per heavy atom. The topological polar surface area (TPSA) is 106 Å². The molecule has 0 bridgehead atoms. The van der Waals surface area contributed by atoms with Crippen molar-refractivity contribution in [2.45, 2.75) is 18.8 Å². The molecule has 0 saturated carbocycles. The minimum Gasteiger partial charge on any atom is -0.369 e. The van der Waals surface area contributed by atoms with Crippen LogP contribution in [0.5, 0.6) is 0 Å². The molecule has 1 aromatic heterocycles. The molecule has 2 heterocycles. The van der Waals surface area contributed by atoms with E-state index in [1.807, 2.05) is 0 Å². The van der Waals surface area contributed by atoms with E-state index in [1.54, 1.807) is 0 Å². The summed E-state index contributed by atoms with van der Waals surface area (Å²) in [7, 11) is -2.90. The fourth-order valence-corrected chi connectivity index (χ4v) is 3.40. The van der Waals surface area contributed by atoms with E-state index in [1.165, 1.54) is 6.20 Å². The molecule has 2 rings (SSSR count). The molecule has 0 aromatic carbocycles. The fourth-order valence-electron chi connectivity index (χ4n) is 1.91. The molecule has 6 nitrogen and oxygen atoms in total. The van der Waals surface area contributed by atoms with Crippen molar-refractivity contribution in [2.75, 3.05) is 17.2 Å². The van der Waals surface area contributed by atoms with Crippen LogP contribution in [0.15, 0.2) is 11.0 Å². The number of rotatable bonds is 1. The van der Waals surface area contributed by atoms with Gasteiger partial charge in [-0.15, -0.1) is 0 Å². The zero-order chi connectivity index (χ0) is 11.8. The van der Waals surface area contributed by atoms with Crippen molar-refractivity contribution in [3.63, 3.8) is 0 Å². The maximum absolute atomic E-state index is 11.6. The van der Waals surface area contributed by atoms with Gasteiger partial charge in [-0.1, -0.05) is 0 Å². The first kappa shape index (κ1) is 11.1. The average molecular weight is 243 g/mol. The molecule has 0 radical (unpaired) electrons. The summed E-state index contributed by atoms with van der Waals surface area (Å²) in [5, 5.41) is 0. The number of nitrogens with one attached hydrogen (secondary N) is 1. The second-order valence-corrected chi connectivity index (χ2v) is 6.28. The van der Waals surface area contributed by atoms with Crippen molar-refractivity contribution in [1.29, 1.82) is 0 Å². The minimum absolute atomic E-state index is 0.0274. The van der Waals surface area contributed by atoms with Crippen molar-refractivity contribution >= 4 is 15.8 Å². The molecular weight excluding hydrogens is 230 g/mol. The summed E-state index contributed by atoms with van der Waals surface area (Å²) in [6.45, 7) is 0. The van der Waals surface area contributed by atoms with Crippen molar-refractivity contribution in [1.82, 2.24) is 9.97 Å². The second-order valence-electron chi connectivity index (χ2n) is 3.98. The van der Waals surface area contributed by atoms with Gasteiger partial charge in [0.2, 0.25) is 0 Å². The van der Waals surface area contributed by atoms with Gasteiger partial charge in [0, 0.05) is 11.8 Å². The minimum atomic E-state index is -2.90. The molecule has 3 N–H and O–H groups in total. The second kappa shape index (κ2) is 3.89. The maximum atomic E-state index is 11.6. The van der Waals surface area contributed by atoms with Crippen molar-refractivity contribution in [3.8, 4) is 0 Å². The highest BCUT2D eigenvalue weighted by Crippen LogP contribution is 2.26. The third-order valence-corrected chi connectivity index (χ3v) is 4.56. The van der Waals surface area contributed by atoms with Gasteiger partial charge in [-0.05, 0) is 18.8 Å². The molecule has 1 fully saturated rings. The Morgan fingerprint density at radius 2 is 2.00 bits per heavy atom. The lowest BCUT2D eigenvalue weighted by atomic mass is 9.96. The van der Waals surface area contributed by atoms with Crippen LogP contribution >= 0.6 is 0 Å². The normalized spacial score (nSPS) is 20.8. The number of nitrogen functional groups attached to an aromatic ring is 1. The summed E-state index contributed by atoms with van der Waals surface area (Å²) in [6.07, 6.45) is 2.41. The summed E-state index contributed by atoms with van der Waals surface area (Å²) < 4.78 is 22.5. The van der Waals surface area contributed by atoms with Crippen LogP contribution in [0.1, 0.15) is 24.3 Å². The lowest BCUT2D eigenvalue weighted by Crippen LogP contribution is -2.26. The summed E-state index contributed by atoms with van der Waals surface area (Å²) in [6, 6.07) is 0. The number of aromatic nitrogens is 2. The molecule has 7 heteroatoms. The van der Waals surface area contributed by atoms with Crippen molar-refractivity contribution < 1.29 is 8.42 Å². The monoisotopic (exact) mass is 243 g/mol. The molecule has 0 spiro atoms. The van der Waals surface area contributed by atoms with E-state index >= 15 is 0 Å². The summed E-state index contributed by atoms with van der Waals surface area (Å²) >= 11 is 0. The van der Waals surface area contributed by atoms with Gasteiger partial charge < -0.3 is 5.73 Å². The quantitative estimate of drug-likeness (QED) is 0.701. The lowest BCUT2D eigenvalue weighted by molar-refractivity contribution is 0.547. The van der Waals surface area contributed by atoms with E-state index in [4.69, 9.17) is 5.73 Å². The molecule has 1 saturated heterocycles. The van der Waals surface area contributed by atoms with Crippen molar-refractivity contribution in [3.05, 3.63) is 22.1 Å². The molecule has 0 atom stereocenters. The van der Waals surface area contributed by atoms with E-state index in [2.05, 4.69) is 9.97 Å². The van der Waals surface area contributed by atoms with Crippen LogP contribution in [0.25, 0.3) is 0 Å². The fraction of sp³-hybridized carbons (Fsp3) is 0.556. The zero-order valence-corrected chi connectivity index (χ0v) is 9.46. The van der Waals surface area contributed by atoms with Gasteiger partial charge in [0.25, 0.3) is 5.56 Å². The first-order chi connectivity index (χ1) is 7.48. The van der Waals surface area contributed by atoms with Crippen molar-refractivity contribution in [2.24, 2.45) is 0 Å². The van der Waals surface area contributed by atoms with Gasteiger partial charge in [0.05, 0.1) is 11.5 Å². The molecule has 88 valence electrons. The third-order valence-electron chi connectivity index (χ3n) is 2.84. The average Bonchev–Trinajstić information content (AvgIpc) is 2.19. The molecule has 1 aliphatic heterocycles. The predicted molar refractivity (Wildman–Crippen MR) is 59.9 cm³/mol. The Bertz CT molecular complexity index is 535. The SMILES string of the molecule is Nc1ncc(C2CCS(=O)(=O)CC2)c(=O)[nH]1. The molecule has 1 aromatic rings. The maximum Gasteiger partial charge on any atom is 0.255 e. The lowest BCUT2D eigenvalue weighted by Gasteiger charge is -2.20. The van der Waals surface area contributed by atoms with Gasteiger partial charge >= 0.3 is 0 Å². The molecule has 0 unspecified atom stereocenters. The number of nitrogens with zero attached hydrogens (tertiary/aromatic N) is 1. The Morgan fingerprint density at radius 1 is 1.38 bits per heavy atom. The number of sulfone groups is 1. The number of H-pyrrole nitrogens is 1. The Kier molecular flexibility index (Phi) is 2.71. The van der Waals surface area contributed by atoms with Crippen LogP contribution in [-0.2, 0) is 9.84 Å². The largest absolute Gasteiger partial charge is 0.369 e. The van der Waals surface area contributed by atoms with Crippen LogP contribution in [0.2, 0.25) is 0 Å². The highest BCUT2D eigenvalue weighted by molar-refractivity contribution is 7.91. The first-order valence-electron chi connectivity index (χ1n) is 5.03. The highest BCUT2D eigenvalue weighted by atomic mass is 32.2. The molecular formula is C9H13N3O3S. The van der Waals surface area contributed by atoms with Crippen LogP contribution in [0.3, 0.4) is 0 Å². The van der Waals surface area contributed by atoms with E-state index in [0.29, 0.717) is 18.4 Å². The van der Waals surface area contributed by atoms with Gasteiger partial charge in [-0.25, -0.2) is 13.4 Å². The number of nitrogens with two attached hydrogens (primary N) is 1. The van der Waals surface area contributed by atoms with E-state index < -0.39 is 9.84 Å².